The van der Waals surface area contributed by atoms with E-state index in [4.69, 9.17) is 0 Å². The SMILES string of the molecule is CCCN(CCC)Cc1nc(NC)c2ccsc2n1. The topological polar surface area (TPSA) is 41.1 Å². The highest BCUT2D eigenvalue weighted by Crippen LogP contribution is 2.25. The molecule has 2 aromatic heterocycles. The molecule has 2 heterocycles. The van der Waals surface area contributed by atoms with Gasteiger partial charge in [0.15, 0.2) is 0 Å². The smallest absolute Gasteiger partial charge is 0.146 e. The maximum Gasteiger partial charge on any atom is 0.146 e. The average Bonchev–Trinajstić information content (AvgIpc) is 2.86. The molecule has 0 bridgehead atoms. The zero-order valence-electron chi connectivity index (χ0n) is 11.9. The van der Waals surface area contributed by atoms with Crippen molar-refractivity contribution in [3.05, 3.63) is 17.3 Å². The average molecular weight is 278 g/mol. The van der Waals surface area contributed by atoms with Crippen molar-refractivity contribution >= 4 is 27.4 Å². The van der Waals surface area contributed by atoms with Crippen LogP contribution in [-0.2, 0) is 6.54 Å². The Labute approximate surface area is 118 Å². The lowest BCUT2D eigenvalue weighted by atomic mass is 10.3. The number of anilines is 1. The highest BCUT2D eigenvalue weighted by molar-refractivity contribution is 7.16. The molecule has 2 aromatic rings. The molecular weight excluding hydrogens is 256 g/mol. The van der Waals surface area contributed by atoms with Gasteiger partial charge in [-0.2, -0.15) is 0 Å². The summed E-state index contributed by atoms with van der Waals surface area (Å²) in [6.07, 6.45) is 2.33. The molecule has 5 heteroatoms. The minimum atomic E-state index is 0.838. The van der Waals surface area contributed by atoms with Gasteiger partial charge in [0, 0.05) is 7.05 Å². The normalized spacial score (nSPS) is 11.4. The lowest BCUT2D eigenvalue weighted by Crippen LogP contribution is -2.26. The number of rotatable bonds is 7. The van der Waals surface area contributed by atoms with Gasteiger partial charge in [-0.25, -0.2) is 9.97 Å². The molecule has 104 valence electrons. The minimum Gasteiger partial charge on any atom is -0.372 e. The quantitative estimate of drug-likeness (QED) is 0.843. The summed E-state index contributed by atoms with van der Waals surface area (Å²) in [5.41, 5.74) is 0. The Hall–Kier alpha value is -1.20. The summed E-state index contributed by atoms with van der Waals surface area (Å²) in [5, 5.41) is 6.36. The molecule has 0 aliphatic carbocycles. The fraction of sp³-hybridized carbons (Fsp3) is 0.571. The third-order valence-electron chi connectivity index (χ3n) is 3.05. The molecule has 0 atom stereocenters. The van der Waals surface area contributed by atoms with E-state index in [0.717, 1.165) is 41.5 Å². The lowest BCUT2D eigenvalue weighted by Gasteiger charge is -2.20. The number of nitrogens with zero attached hydrogens (tertiary/aromatic N) is 3. The Morgan fingerprint density at radius 2 is 1.95 bits per heavy atom. The maximum atomic E-state index is 4.67. The lowest BCUT2D eigenvalue weighted by molar-refractivity contribution is 0.260. The van der Waals surface area contributed by atoms with Crippen LogP contribution in [0.4, 0.5) is 5.82 Å². The molecule has 2 rings (SSSR count). The van der Waals surface area contributed by atoms with Crippen molar-refractivity contribution in [3.8, 4) is 0 Å². The molecule has 0 saturated heterocycles. The van der Waals surface area contributed by atoms with Gasteiger partial charge in [0.25, 0.3) is 0 Å². The van der Waals surface area contributed by atoms with Crippen LogP contribution in [0, 0.1) is 0 Å². The first-order chi connectivity index (χ1) is 9.28. The first-order valence-electron chi connectivity index (χ1n) is 6.92. The van der Waals surface area contributed by atoms with Gasteiger partial charge < -0.3 is 5.32 Å². The van der Waals surface area contributed by atoms with Crippen molar-refractivity contribution < 1.29 is 0 Å². The van der Waals surface area contributed by atoms with Gasteiger partial charge in [0.05, 0.1) is 11.9 Å². The summed E-state index contributed by atoms with van der Waals surface area (Å²) in [6.45, 7) is 7.48. The van der Waals surface area contributed by atoms with Crippen LogP contribution in [0.5, 0.6) is 0 Å². The van der Waals surface area contributed by atoms with Gasteiger partial charge in [-0.05, 0) is 37.4 Å². The van der Waals surface area contributed by atoms with Crippen molar-refractivity contribution in [1.82, 2.24) is 14.9 Å². The van der Waals surface area contributed by atoms with Crippen molar-refractivity contribution in [2.75, 3.05) is 25.5 Å². The number of aromatic nitrogens is 2. The molecule has 0 amide bonds. The van der Waals surface area contributed by atoms with Crippen molar-refractivity contribution in [2.45, 2.75) is 33.2 Å². The Morgan fingerprint density at radius 3 is 2.58 bits per heavy atom. The van der Waals surface area contributed by atoms with Crippen LogP contribution in [0.2, 0.25) is 0 Å². The van der Waals surface area contributed by atoms with Crippen molar-refractivity contribution in [2.24, 2.45) is 0 Å². The third-order valence-corrected chi connectivity index (χ3v) is 3.86. The molecule has 4 nitrogen and oxygen atoms in total. The Balaban J connectivity index is 2.23. The van der Waals surface area contributed by atoms with Crippen LogP contribution in [0.25, 0.3) is 10.2 Å². The third kappa shape index (κ3) is 3.42. The molecule has 0 saturated carbocycles. The zero-order valence-corrected chi connectivity index (χ0v) is 12.8. The van der Waals surface area contributed by atoms with Crippen LogP contribution in [-0.4, -0.2) is 35.0 Å². The second-order valence-electron chi connectivity index (χ2n) is 4.65. The van der Waals surface area contributed by atoms with Crippen LogP contribution in [0.3, 0.4) is 0 Å². The number of hydrogen-bond acceptors (Lipinski definition) is 5. The predicted octanol–water partition coefficient (Wildman–Crippen LogP) is 3.36. The first kappa shape index (κ1) is 14.2. The highest BCUT2D eigenvalue weighted by Gasteiger charge is 2.11. The van der Waals surface area contributed by atoms with E-state index in [-0.39, 0.29) is 0 Å². The van der Waals surface area contributed by atoms with Crippen molar-refractivity contribution in [1.29, 1.82) is 0 Å². The number of fused-ring (bicyclic) bond motifs is 1. The second kappa shape index (κ2) is 6.82. The monoisotopic (exact) mass is 278 g/mol. The van der Waals surface area contributed by atoms with Gasteiger partial charge in [-0.1, -0.05) is 13.8 Å². The van der Waals surface area contributed by atoms with Crippen LogP contribution in [0.15, 0.2) is 11.4 Å². The van der Waals surface area contributed by atoms with Gasteiger partial charge in [0.1, 0.15) is 16.5 Å². The summed E-state index contributed by atoms with van der Waals surface area (Å²) in [4.78, 5) is 12.8. The van der Waals surface area contributed by atoms with Crippen LogP contribution < -0.4 is 5.32 Å². The molecule has 0 aliphatic rings. The second-order valence-corrected chi connectivity index (χ2v) is 5.55. The molecule has 19 heavy (non-hydrogen) atoms. The van der Waals surface area contributed by atoms with Gasteiger partial charge in [-0.15, -0.1) is 11.3 Å². The Bertz CT molecular complexity index is 517. The molecule has 0 aromatic carbocycles. The van der Waals surface area contributed by atoms with E-state index in [0.29, 0.717) is 0 Å². The van der Waals surface area contributed by atoms with E-state index < -0.39 is 0 Å². The molecule has 1 N–H and O–H groups in total. The van der Waals surface area contributed by atoms with Crippen LogP contribution in [0.1, 0.15) is 32.5 Å². The standard InChI is InChI=1S/C14H22N4S/c1-4-7-18(8-5-2)10-12-16-13(15-3)11-6-9-19-14(11)17-12/h6,9H,4-5,7-8,10H2,1-3H3,(H,15,16,17). The fourth-order valence-corrected chi connectivity index (χ4v) is 3.05. The highest BCUT2D eigenvalue weighted by atomic mass is 32.1. The zero-order chi connectivity index (χ0) is 13.7. The molecule has 0 fully saturated rings. The van der Waals surface area contributed by atoms with E-state index in [9.17, 15) is 0 Å². The molecule has 0 spiro atoms. The minimum absolute atomic E-state index is 0.838. The van der Waals surface area contributed by atoms with E-state index in [1.54, 1.807) is 11.3 Å². The largest absolute Gasteiger partial charge is 0.372 e. The van der Waals surface area contributed by atoms with Gasteiger partial charge >= 0.3 is 0 Å². The van der Waals surface area contributed by atoms with Crippen LogP contribution >= 0.6 is 11.3 Å². The summed E-state index contributed by atoms with van der Waals surface area (Å²) in [5.74, 6) is 1.86. The summed E-state index contributed by atoms with van der Waals surface area (Å²) in [7, 11) is 1.92. The fourth-order valence-electron chi connectivity index (χ4n) is 2.26. The molecule has 0 aliphatic heterocycles. The molecule has 0 radical (unpaired) electrons. The maximum absolute atomic E-state index is 4.67. The Kier molecular flexibility index (Phi) is 5.10. The molecule has 0 unspecified atom stereocenters. The number of hydrogen-bond donors (Lipinski definition) is 1. The van der Waals surface area contributed by atoms with Gasteiger partial charge in [-0.3, -0.25) is 4.90 Å². The van der Waals surface area contributed by atoms with E-state index >= 15 is 0 Å². The summed E-state index contributed by atoms with van der Waals surface area (Å²) < 4.78 is 0. The van der Waals surface area contributed by atoms with E-state index in [2.05, 4.69) is 45.5 Å². The number of thiophene rings is 1. The Morgan fingerprint density at radius 1 is 1.21 bits per heavy atom. The predicted molar refractivity (Wildman–Crippen MR) is 82.8 cm³/mol. The summed E-state index contributed by atoms with van der Waals surface area (Å²) in [6, 6.07) is 2.07. The first-order valence-corrected chi connectivity index (χ1v) is 7.80. The van der Waals surface area contributed by atoms with Crippen molar-refractivity contribution in [3.63, 3.8) is 0 Å². The van der Waals surface area contributed by atoms with E-state index in [1.165, 1.54) is 12.8 Å². The number of nitrogens with one attached hydrogen (secondary N) is 1. The summed E-state index contributed by atoms with van der Waals surface area (Å²) >= 11 is 1.68. The van der Waals surface area contributed by atoms with E-state index in [1.807, 2.05) is 7.05 Å². The molecular formula is C14H22N4S. The van der Waals surface area contributed by atoms with Gasteiger partial charge in [0.2, 0.25) is 0 Å².